The molecule has 0 aliphatic carbocycles. The molecule has 0 saturated carbocycles. The van der Waals surface area contributed by atoms with Gasteiger partial charge in [0.05, 0.1) is 11.1 Å². The number of nitrogens with one attached hydrogen (secondary N) is 1. The Kier molecular flexibility index (Phi) is 6.41. The van der Waals surface area contributed by atoms with Crippen molar-refractivity contribution in [2.45, 2.75) is 19.1 Å². The Morgan fingerprint density at radius 2 is 1.62 bits per heavy atom. The van der Waals surface area contributed by atoms with Gasteiger partial charge in [-0.15, -0.1) is 0 Å². The van der Waals surface area contributed by atoms with Crippen LogP contribution in [-0.4, -0.2) is 28.0 Å². The number of carboxylic acid groups (broad SMARTS) is 1. The van der Waals surface area contributed by atoms with Crippen LogP contribution < -0.4 is 10.1 Å². The van der Waals surface area contributed by atoms with E-state index < -0.39 is 17.9 Å². The number of ether oxygens (including phenoxy) is 1. The number of rotatable bonds is 8. The third kappa shape index (κ3) is 5.10. The van der Waals surface area contributed by atoms with Crippen molar-refractivity contribution in [3.8, 4) is 5.75 Å². The monoisotopic (exact) mass is 426 g/mol. The van der Waals surface area contributed by atoms with Crippen molar-refractivity contribution in [3.05, 3.63) is 108 Å². The molecule has 0 aliphatic rings. The predicted octanol–water partition coefficient (Wildman–Crippen LogP) is 4.24. The minimum absolute atomic E-state index is 0.151. The third-order valence-electron chi connectivity index (χ3n) is 5.09. The molecule has 0 saturated heterocycles. The number of para-hydroxylation sites is 1. The summed E-state index contributed by atoms with van der Waals surface area (Å²) < 4.78 is 5.77. The van der Waals surface area contributed by atoms with Crippen molar-refractivity contribution in [1.29, 1.82) is 0 Å². The maximum atomic E-state index is 12.8. The second-order valence-corrected chi connectivity index (χ2v) is 7.37. The molecule has 32 heavy (non-hydrogen) atoms. The zero-order chi connectivity index (χ0) is 22.3. The maximum absolute atomic E-state index is 12.8. The Morgan fingerprint density at radius 3 is 2.38 bits per heavy atom. The standard InChI is InChI=1S/C26H22N2O4/c29-25(22-10-4-8-20-9-5-15-27-24(20)22)28-23(26(30)31)16-18-11-13-21(14-12-18)32-17-19-6-2-1-3-7-19/h1-15,23H,16-17H2,(H,28,29)(H,30,31)/t23-/m0/s1. The summed E-state index contributed by atoms with van der Waals surface area (Å²) >= 11 is 0. The van der Waals surface area contributed by atoms with Crippen molar-refractivity contribution < 1.29 is 19.4 Å². The number of pyridine rings is 1. The van der Waals surface area contributed by atoms with Gasteiger partial charge in [0.25, 0.3) is 5.91 Å². The molecule has 0 bridgehead atoms. The van der Waals surface area contributed by atoms with Crippen molar-refractivity contribution in [2.75, 3.05) is 0 Å². The fraction of sp³-hybridized carbons (Fsp3) is 0.115. The molecule has 0 aliphatic heterocycles. The van der Waals surface area contributed by atoms with Crippen molar-refractivity contribution in [3.63, 3.8) is 0 Å². The maximum Gasteiger partial charge on any atom is 0.326 e. The van der Waals surface area contributed by atoms with Crippen LogP contribution in [0.15, 0.2) is 91.1 Å². The van der Waals surface area contributed by atoms with E-state index in [0.29, 0.717) is 23.4 Å². The Hall–Kier alpha value is -4.19. The number of hydrogen-bond donors (Lipinski definition) is 2. The summed E-state index contributed by atoms with van der Waals surface area (Å²) in [6.07, 6.45) is 1.76. The molecule has 3 aromatic carbocycles. The largest absolute Gasteiger partial charge is 0.489 e. The fourth-order valence-electron chi connectivity index (χ4n) is 3.42. The molecule has 0 spiro atoms. The summed E-state index contributed by atoms with van der Waals surface area (Å²) in [5.74, 6) is -0.879. The number of hydrogen-bond acceptors (Lipinski definition) is 4. The molecular weight excluding hydrogens is 404 g/mol. The highest BCUT2D eigenvalue weighted by Gasteiger charge is 2.22. The first-order valence-corrected chi connectivity index (χ1v) is 10.2. The lowest BCUT2D eigenvalue weighted by Crippen LogP contribution is -2.42. The first kappa shape index (κ1) is 21.1. The van der Waals surface area contributed by atoms with Crippen LogP contribution in [0.3, 0.4) is 0 Å². The minimum atomic E-state index is -1.10. The van der Waals surface area contributed by atoms with E-state index in [1.165, 1.54) is 0 Å². The number of carbonyl (C=O) groups excluding carboxylic acids is 1. The summed E-state index contributed by atoms with van der Waals surface area (Å²) in [7, 11) is 0. The van der Waals surface area contributed by atoms with E-state index in [4.69, 9.17) is 4.74 Å². The first-order chi connectivity index (χ1) is 15.6. The van der Waals surface area contributed by atoms with Crippen molar-refractivity contribution >= 4 is 22.8 Å². The van der Waals surface area contributed by atoms with Gasteiger partial charge in [0.15, 0.2) is 0 Å². The van der Waals surface area contributed by atoms with Crippen LogP contribution in [0.1, 0.15) is 21.5 Å². The highest BCUT2D eigenvalue weighted by molar-refractivity contribution is 6.06. The molecule has 1 heterocycles. The number of aliphatic carboxylic acids is 1. The van der Waals surface area contributed by atoms with Crippen molar-refractivity contribution in [1.82, 2.24) is 10.3 Å². The molecular formula is C26H22N2O4. The topological polar surface area (TPSA) is 88.5 Å². The number of carboxylic acids is 1. The van der Waals surface area contributed by atoms with Crippen LogP contribution >= 0.6 is 0 Å². The lowest BCUT2D eigenvalue weighted by molar-refractivity contribution is -0.139. The number of carbonyl (C=O) groups is 2. The lowest BCUT2D eigenvalue weighted by atomic mass is 10.0. The molecule has 0 unspecified atom stereocenters. The molecule has 1 amide bonds. The van der Waals surface area contributed by atoms with E-state index in [9.17, 15) is 14.7 Å². The molecule has 6 heteroatoms. The molecule has 4 rings (SSSR count). The van der Waals surface area contributed by atoms with Gasteiger partial charge in [0.2, 0.25) is 0 Å². The summed E-state index contributed by atoms with van der Waals surface area (Å²) in [6.45, 7) is 0.451. The molecule has 6 nitrogen and oxygen atoms in total. The Morgan fingerprint density at radius 1 is 0.875 bits per heavy atom. The number of nitrogens with zero attached hydrogens (tertiary/aromatic N) is 1. The van der Waals surface area contributed by atoms with Gasteiger partial charge < -0.3 is 15.2 Å². The Labute approximate surface area is 185 Å². The van der Waals surface area contributed by atoms with E-state index in [1.807, 2.05) is 54.6 Å². The summed E-state index contributed by atoms with van der Waals surface area (Å²) in [5.41, 5.74) is 2.73. The number of amides is 1. The molecule has 4 aromatic rings. The Balaban J connectivity index is 1.42. The molecule has 160 valence electrons. The van der Waals surface area contributed by atoms with E-state index in [0.717, 1.165) is 16.5 Å². The van der Waals surface area contributed by atoms with Crippen LogP contribution in [0.25, 0.3) is 10.9 Å². The molecule has 1 atom stereocenters. The van der Waals surface area contributed by atoms with Gasteiger partial charge in [-0.1, -0.05) is 60.7 Å². The molecule has 2 N–H and O–H groups in total. The van der Waals surface area contributed by atoms with E-state index in [1.54, 1.807) is 36.5 Å². The number of aromatic nitrogens is 1. The van der Waals surface area contributed by atoms with Gasteiger partial charge in [0, 0.05) is 18.0 Å². The first-order valence-electron chi connectivity index (χ1n) is 10.2. The van der Waals surface area contributed by atoms with Gasteiger partial charge in [-0.3, -0.25) is 9.78 Å². The molecule has 0 radical (unpaired) electrons. The SMILES string of the molecule is O=C(N[C@@H](Cc1ccc(OCc2ccccc2)cc1)C(=O)O)c1cccc2cccnc12. The van der Waals surface area contributed by atoms with Gasteiger partial charge in [-0.25, -0.2) is 4.79 Å². The second kappa shape index (κ2) is 9.75. The van der Waals surface area contributed by atoms with Crippen LogP contribution in [0, 0.1) is 0 Å². The van der Waals surface area contributed by atoms with Gasteiger partial charge in [-0.2, -0.15) is 0 Å². The van der Waals surface area contributed by atoms with Gasteiger partial charge in [0.1, 0.15) is 18.4 Å². The molecule has 1 aromatic heterocycles. The smallest absolute Gasteiger partial charge is 0.326 e. The zero-order valence-corrected chi connectivity index (χ0v) is 17.3. The molecule has 0 fully saturated rings. The number of benzene rings is 3. The summed E-state index contributed by atoms with van der Waals surface area (Å²) in [5, 5.41) is 13.1. The van der Waals surface area contributed by atoms with E-state index in [-0.39, 0.29) is 6.42 Å². The van der Waals surface area contributed by atoms with Crippen LogP contribution in [0.5, 0.6) is 5.75 Å². The van der Waals surface area contributed by atoms with Crippen molar-refractivity contribution in [2.24, 2.45) is 0 Å². The third-order valence-corrected chi connectivity index (χ3v) is 5.09. The minimum Gasteiger partial charge on any atom is -0.489 e. The summed E-state index contributed by atoms with van der Waals surface area (Å²) in [6, 6.07) is 24.9. The number of fused-ring (bicyclic) bond motifs is 1. The van der Waals surface area contributed by atoms with Gasteiger partial charge in [-0.05, 0) is 35.4 Å². The van der Waals surface area contributed by atoms with Crippen LogP contribution in [0.2, 0.25) is 0 Å². The Bertz CT molecular complexity index is 1220. The highest BCUT2D eigenvalue weighted by Crippen LogP contribution is 2.18. The van der Waals surface area contributed by atoms with E-state index >= 15 is 0 Å². The average Bonchev–Trinajstić information content (AvgIpc) is 2.83. The highest BCUT2D eigenvalue weighted by atomic mass is 16.5. The van der Waals surface area contributed by atoms with Gasteiger partial charge >= 0.3 is 5.97 Å². The predicted molar refractivity (Wildman–Crippen MR) is 122 cm³/mol. The second-order valence-electron chi connectivity index (χ2n) is 7.37. The zero-order valence-electron chi connectivity index (χ0n) is 17.3. The normalized spacial score (nSPS) is 11.6. The van der Waals surface area contributed by atoms with E-state index in [2.05, 4.69) is 10.3 Å². The summed E-state index contributed by atoms with van der Waals surface area (Å²) in [4.78, 5) is 28.9. The lowest BCUT2D eigenvalue weighted by Gasteiger charge is -2.16. The van der Waals surface area contributed by atoms with Crippen LogP contribution in [0.4, 0.5) is 0 Å². The quantitative estimate of drug-likeness (QED) is 0.440. The van der Waals surface area contributed by atoms with Crippen LogP contribution in [-0.2, 0) is 17.8 Å². The average molecular weight is 426 g/mol. The fourth-order valence-corrected chi connectivity index (χ4v) is 3.42.